The number of carbonyl (C=O) groups excluding carboxylic acids is 1. The van der Waals surface area contributed by atoms with Crippen molar-refractivity contribution in [3.05, 3.63) is 23.8 Å². The number of aliphatic hydroxyl groups excluding tert-OH is 1. The van der Waals surface area contributed by atoms with Crippen LogP contribution in [-0.2, 0) is 9.53 Å². The number of hydrogen-bond donors (Lipinski definition) is 1. The van der Waals surface area contributed by atoms with Gasteiger partial charge < -0.3 is 9.84 Å². The molecule has 0 aromatic rings. The molecule has 0 saturated carbocycles. The molecule has 136 valence electrons. The van der Waals surface area contributed by atoms with E-state index in [1.54, 1.807) is 7.11 Å². The van der Waals surface area contributed by atoms with Crippen LogP contribution in [0.4, 0.5) is 0 Å². The number of aliphatic hydroxyl groups is 1. The zero-order valence-electron chi connectivity index (χ0n) is 16.0. The topological polar surface area (TPSA) is 46.5 Å². The molecule has 3 heteroatoms. The molecule has 24 heavy (non-hydrogen) atoms. The molecule has 0 unspecified atom stereocenters. The second-order valence-corrected chi connectivity index (χ2v) is 8.19. The highest BCUT2D eigenvalue weighted by atomic mass is 16.5. The Bertz CT molecular complexity index is 535. The Kier molecular flexibility index (Phi) is 5.76. The minimum absolute atomic E-state index is 0.107. The summed E-state index contributed by atoms with van der Waals surface area (Å²) in [6, 6.07) is 0. The third-order valence-corrected chi connectivity index (χ3v) is 6.92. The van der Waals surface area contributed by atoms with E-state index in [9.17, 15) is 9.90 Å². The first-order valence-electron chi connectivity index (χ1n) is 9.34. The van der Waals surface area contributed by atoms with Crippen molar-refractivity contribution in [3.8, 4) is 0 Å². The molecule has 0 heterocycles. The smallest absolute Gasteiger partial charge is 0.159 e. The highest BCUT2D eigenvalue weighted by molar-refractivity contribution is 6.00. The van der Waals surface area contributed by atoms with Gasteiger partial charge in [0.25, 0.3) is 0 Å². The van der Waals surface area contributed by atoms with E-state index in [-0.39, 0.29) is 11.5 Å². The Morgan fingerprint density at radius 1 is 1.46 bits per heavy atom. The molecule has 0 aliphatic heterocycles. The van der Waals surface area contributed by atoms with Gasteiger partial charge in [0.2, 0.25) is 0 Å². The van der Waals surface area contributed by atoms with E-state index in [1.165, 1.54) is 5.57 Å². The monoisotopic (exact) mass is 334 g/mol. The maximum Gasteiger partial charge on any atom is 0.159 e. The van der Waals surface area contributed by atoms with Crippen LogP contribution in [-0.4, -0.2) is 30.2 Å². The second-order valence-electron chi connectivity index (χ2n) is 8.19. The Labute approximate surface area is 147 Å². The van der Waals surface area contributed by atoms with Crippen molar-refractivity contribution >= 4 is 5.78 Å². The molecule has 0 saturated heterocycles. The van der Waals surface area contributed by atoms with Crippen LogP contribution in [0.15, 0.2) is 23.8 Å². The van der Waals surface area contributed by atoms with Gasteiger partial charge in [-0.2, -0.15) is 0 Å². The van der Waals surface area contributed by atoms with Crippen LogP contribution in [0.1, 0.15) is 66.2 Å². The fourth-order valence-corrected chi connectivity index (χ4v) is 4.82. The summed E-state index contributed by atoms with van der Waals surface area (Å²) in [7, 11) is 1.73. The molecule has 0 bridgehead atoms. The average molecular weight is 334 g/mol. The predicted molar refractivity (Wildman–Crippen MR) is 97.8 cm³/mol. The van der Waals surface area contributed by atoms with Gasteiger partial charge in [-0.3, -0.25) is 4.79 Å². The molecule has 1 N–H and O–H groups in total. The molecule has 0 amide bonds. The van der Waals surface area contributed by atoms with Crippen molar-refractivity contribution < 1.29 is 14.6 Å². The number of ketones is 1. The van der Waals surface area contributed by atoms with Crippen LogP contribution in [0.5, 0.6) is 0 Å². The van der Waals surface area contributed by atoms with Crippen molar-refractivity contribution in [1.29, 1.82) is 0 Å². The fourth-order valence-electron chi connectivity index (χ4n) is 4.82. The molecular weight excluding hydrogens is 300 g/mol. The van der Waals surface area contributed by atoms with Crippen LogP contribution in [0, 0.1) is 16.7 Å². The number of methoxy groups -OCH3 is 1. The van der Waals surface area contributed by atoms with E-state index in [2.05, 4.69) is 20.4 Å². The molecule has 3 nitrogen and oxygen atoms in total. The fraction of sp³-hybridized carbons (Fsp3) is 0.762. The predicted octanol–water partition coefficient (Wildman–Crippen LogP) is 4.45. The minimum Gasteiger partial charge on any atom is -0.392 e. The largest absolute Gasteiger partial charge is 0.392 e. The minimum atomic E-state index is -0.456. The average Bonchev–Trinajstić information content (AvgIpc) is 2.97. The van der Waals surface area contributed by atoms with Gasteiger partial charge in [-0.1, -0.05) is 39.3 Å². The number of allylic oxidation sites excluding steroid dienone is 1. The summed E-state index contributed by atoms with van der Waals surface area (Å²) in [5.74, 6) is 0.688. The van der Waals surface area contributed by atoms with E-state index in [0.29, 0.717) is 31.0 Å². The van der Waals surface area contributed by atoms with E-state index in [4.69, 9.17) is 4.74 Å². The molecule has 0 aromatic heterocycles. The van der Waals surface area contributed by atoms with E-state index in [0.717, 1.165) is 24.8 Å². The van der Waals surface area contributed by atoms with Gasteiger partial charge in [0.05, 0.1) is 12.2 Å². The van der Waals surface area contributed by atoms with Gasteiger partial charge in [0, 0.05) is 29.9 Å². The number of hydrogen-bond acceptors (Lipinski definition) is 3. The maximum atomic E-state index is 12.6. The summed E-state index contributed by atoms with van der Waals surface area (Å²) in [5, 5.41) is 10.5. The van der Waals surface area contributed by atoms with Crippen LogP contribution in [0.2, 0.25) is 0 Å². The Morgan fingerprint density at radius 3 is 2.67 bits per heavy atom. The summed E-state index contributed by atoms with van der Waals surface area (Å²) in [5.41, 5.74) is 1.68. The molecule has 2 rings (SSSR count). The van der Waals surface area contributed by atoms with Gasteiger partial charge in [-0.25, -0.2) is 0 Å². The Morgan fingerprint density at radius 2 is 2.12 bits per heavy atom. The van der Waals surface area contributed by atoms with Crippen molar-refractivity contribution in [1.82, 2.24) is 0 Å². The molecule has 0 radical (unpaired) electrons. The summed E-state index contributed by atoms with van der Waals surface area (Å²) >= 11 is 0. The normalized spacial score (nSPS) is 32.2. The van der Waals surface area contributed by atoms with E-state index < -0.39 is 11.5 Å². The summed E-state index contributed by atoms with van der Waals surface area (Å²) < 4.78 is 5.97. The molecule has 5 atom stereocenters. The lowest BCUT2D eigenvalue weighted by Gasteiger charge is -2.48. The van der Waals surface area contributed by atoms with Gasteiger partial charge in [-0.05, 0) is 38.0 Å². The standard InChI is InChI=1S/C21H34O3/c1-7-17(23)20(4,8-2)13-18(24-6)21(5)14(3)9-10-15-11-12-16(22)19(15)21/h8,14,17-18,23H,2,7,9-13H2,1,3-6H3/t14-,17-,18-,20-,21-/m1/s1. The first-order valence-corrected chi connectivity index (χ1v) is 9.34. The number of rotatable bonds is 7. The number of carbonyl (C=O) groups is 1. The first kappa shape index (κ1) is 19.4. The molecular formula is C21H34O3. The van der Waals surface area contributed by atoms with Crippen molar-refractivity contribution in [2.24, 2.45) is 16.7 Å². The first-order chi connectivity index (χ1) is 11.2. The van der Waals surface area contributed by atoms with Crippen LogP contribution in [0.25, 0.3) is 0 Å². The quantitative estimate of drug-likeness (QED) is 0.700. The third kappa shape index (κ3) is 3.01. The van der Waals surface area contributed by atoms with Gasteiger partial charge in [0.1, 0.15) is 0 Å². The SMILES string of the molecule is C=C[C@](C)(C[C@@H](OC)[C@]1(C)C2=C(CCC2=O)CC[C@H]1C)[C@H](O)CC. The van der Waals surface area contributed by atoms with Crippen molar-refractivity contribution in [2.75, 3.05) is 7.11 Å². The van der Waals surface area contributed by atoms with Gasteiger partial charge >= 0.3 is 0 Å². The summed E-state index contributed by atoms with van der Waals surface area (Å²) in [4.78, 5) is 12.6. The zero-order chi connectivity index (χ0) is 18.1. The van der Waals surface area contributed by atoms with E-state index in [1.807, 2.05) is 19.9 Å². The zero-order valence-corrected chi connectivity index (χ0v) is 16.0. The molecule has 2 aliphatic carbocycles. The van der Waals surface area contributed by atoms with Crippen molar-refractivity contribution in [3.63, 3.8) is 0 Å². The van der Waals surface area contributed by atoms with Crippen LogP contribution in [0.3, 0.4) is 0 Å². The van der Waals surface area contributed by atoms with Crippen LogP contribution < -0.4 is 0 Å². The highest BCUT2D eigenvalue weighted by Crippen LogP contribution is 2.54. The van der Waals surface area contributed by atoms with Gasteiger partial charge in [0.15, 0.2) is 5.78 Å². The maximum absolute atomic E-state index is 12.6. The Hall–Kier alpha value is -0.930. The molecule has 2 aliphatic rings. The molecule has 0 aromatic carbocycles. The summed E-state index contributed by atoms with van der Waals surface area (Å²) in [6.45, 7) is 12.4. The Balaban J connectivity index is 2.42. The van der Waals surface area contributed by atoms with Crippen LogP contribution >= 0.6 is 0 Å². The highest BCUT2D eigenvalue weighted by Gasteiger charge is 2.51. The third-order valence-electron chi connectivity index (χ3n) is 6.92. The lowest BCUT2D eigenvalue weighted by molar-refractivity contribution is -0.119. The second kappa shape index (κ2) is 7.13. The lowest BCUT2D eigenvalue weighted by atomic mass is 9.59. The van der Waals surface area contributed by atoms with E-state index >= 15 is 0 Å². The number of ether oxygens (including phenoxy) is 1. The molecule has 0 fully saturated rings. The lowest BCUT2D eigenvalue weighted by Crippen LogP contribution is -2.48. The van der Waals surface area contributed by atoms with Crippen molar-refractivity contribution in [2.45, 2.75) is 78.4 Å². The van der Waals surface area contributed by atoms with Gasteiger partial charge in [-0.15, -0.1) is 6.58 Å². The number of Topliss-reactive ketones (excluding diaryl/α,β-unsaturated/α-hetero) is 1. The summed E-state index contributed by atoms with van der Waals surface area (Å²) in [6.07, 6.45) is 6.37. The molecule has 0 spiro atoms.